The van der Waals surface area contributed by atoms with Crippen LogP contribution in [-0.2, 0) is 9.84 Å². The number of rotatable bonds is 2. The van der Waals surface area contributed by atoms with E-state index in [1.165, 1.54) is 18.2 Å². The summed E-state index contributed by atoms with van der Waals surface area (Å²) in [6.07, 6.45) is 0.510. The van der Waals surface area contributed by atoms with Gasteiger partial charge in [0.2, 0.25) is 0 Å². The Balaban J connectivity index is 2.25. The average Bonchev–Trinajstić information content (AvgIpc) is 2.69. The van der Waals surface area contributed by atoms with Crippen molar-refractivity contribution >= 4 is 21.4 Å². The Morgan fingerprint density at radius 2 is 2.22 bits per heavy atom. The molecule has 0 amide bonds. The molecule has 0 radical (unpaired) electrons. The van der Waals surface area contributed by atoms with Gasteiger partial charge in [-0.25, -0.2) is 12.8 Å². The van der Waals surface area contributed by atoms with Crippen LogP contribution in [0.3, 0.4) is 0 Å². The van der Waals surface area contributed by atoms with Crippen LogP contribution in [0.1, 0.15) is 22.9 Å². The second kappa shape index (κ2) is 4.87. The summed E-state index contributed by atoms with van der Waals surface area (Å²) in [7, 11) is -3.00. The topological polar surface area (TPSA) is 57.9 Å². The number of nitrogens with zero attached hydrogens (tertiary/aromatic N) is 1. The molecule has 96 valence electrons. The summed E-state index contributed by atoms with van der Waals surface area (Å²) in [5, 5.41) is 8.24. The first-order chi connectivity index (χ1) is 8.43. The predicted octanol–water partition coefficient (Wildman–Crippen LogP) is 2.41. The van der Waals surface area contributed by atoms with Gasteiger partial charge in [0, 0.05) is 0 Å². The van der Waals surface area contributed by atoms with Crippen LogP contribution in [0.15, 0.2) is 18.2 Å². The van der Waals surface area contributed by atoms with Crippen LogP contribution < -0.4 is 0 Å². The van der Waals surface area contributed by atoms with Crippen LogP contribution in [0.2, 0.25) is 0 Å². The summed E-state index contributed by atoms with van der Waals surface area (Å²) in [6.45, 7) is 0. The van der Waals surface area contributed by atoms with Gasteiger partial charge < -0.3 is 0 Å². The average molecular weight is 288 g/mol. The van der Waals surface area contributed by atoms with Gasteiger partial charge in [-0.15, -0.1) is 11.6 Å². The molecule has 1 aliphatic rings. The lowest BCUT2D eigenvalue weighted by Gasteiger charge is -2.16. The van der Waals surface area contributed by atoms with Gasteiger partial charge in [0.15, 0.2) is 9.84 Å². The maximum atomic E-state index is 13.2. The molecule has 1 aromatic carbocycles. The predicted molar refractivity (Wildman–Crippen MR) is 66.5 cm³/mol. The van der Waals surface area contributed by atoms with Crippen molar-refractivity contribution in [1.82, 2.24) is 0 Å². The van der Waals surface area contributed by atoms with E-state index in [4.69, 9.17) is 16.9 Å². The molecule has 1 fully saturated rings. The normalized spacial score (nSPS) is 23.5. The van der Waals surface area contributed by atoms with Crippen molar-refractivity contribution in [3.8, 4) is 6.07 Å². The van der Waals surface area contributed by atoms with E-state index in [1.807, 2.05) is 0 Å². The fourth-order valence-electron chi connectivity index (χ4n) is 2.13. The zero-order valence-electron chi connectivity index (χ0n) is 9.44. The summed E-state index contributed by atoms with van der Waals surface area (Å²) in [5.74, 6) is -0.564. The molecule has 0 N–H and O–H groups in total. The monoisotopic (exact) mass is 287 g/mol. The molecular weight excluding hydrogens is 277 g/mol. The van der Waals surface area contributed by atoms with Gasteiger partial charge in [-0.2, -0.15) is 5.26 Å². The molecule has 0 spiro atoms. The largest absolute Gasteiger partial charge is 0.229 e. The number of hydrogen-bond acceptors (Lipinski definition) is 3. The molecule has 0 aromatic heterocycles. The Morgan fingerprint density at radius 3 is 2.78 bits per heavy atom. The Morgan fingerprint density at radius 1 is 1.50 bits per heavy atom. The minimum absolute atomic E-state index is 0.0560. The van der Waals surface area contributed by atoms with Crippen LogP contribution in [0, 0.1) is 23.1 Å². The molecule has 2 rings (SSSR count). The Bertz CT molecular complexity index is 609. The highest BCUT2D eigenvalue weighted by Gasteiger charge is 2.33. The molecule has 18 heavy (non-hydrogen) atoms. The fourth-order valence-corrected chi connectivity index (χ4v) is 4.42. The van der Waals surface area contributed by atoms with E-state index < -0.39 is 21.0 Å². The molecule has 1 aromatic rings. The number of sulfone groups is 1. The summed E-state index contributed by atoms with van der Waals surface area (Å²) >= 11 is 6.22. The second-order valence-corrected chi connectivity index (χ2v) is 7.11. The molecule has 1 aliphatic heterocycles. The third-order valence-corrected chi connectivity index (χ3v) is 5.51. The van der Waals surface area contributed by atoms with Crippen LogP contribution in [-0.4, -0.2) is 19.9 Å². The van der Waals surface area contributed by atoms with Crippen molar-refractivity contribution in [2.45, 2.75) is 11.8 Å². The van der Waals surface area contributed by atoms with Crippen molar-refractivity contribution in [2.24, 2.45) is 5.92 Å². The van der Waals surface area contributed by atoms with Crippen LogP contribution >= 0.6 is 11.6 Å². The second-order valence-electron chi connectivity index (χ2n) is 4.42. The van der Waals surface area contributed by atoms with Crippen molar-refractivity contribution in [3.63, 3.8) is 0 Å². The standard InChI is InChI=1S/C12H11ClFNO2S/c13-12(9-3-4-18(16,17)7-9)8-1-2-11(14)10(5-8)6-15/h1-2,5,9,12H,3-4,7H2. The SMILES string of the molecule is N#Cc1cc(C(Cl)C2CCS(=O)(=O)C2)ccc1F. The number of hydrogen-bond donors (Lipinski definition) is 0. The molecule has 2 unspecified atom stereocenters. The Hall–Kier alpha value is -1.12. The summed E-state index contributed by atoms with van der Waals surface area (Å²) < 4.78 is 35.9. The van der Waals surface area contributed by atoms with Gasteiger partial charge in [0.25, 0.3) is 0 Å². The molecule has 6 heteroatoms. The van der Waals surface area contributed by atoms with E-state index >= 15 is 0 Å². The maximum absolute atomic E-state index is 13.2. The maximum Gasteiger partial charge on any atom is 0.150 e. The smallest absolute Gasteiger partial charge is 0.150 e. The van der Waals surface area contributed by atoms with Gasteiger partial charge in [-0.05, 0) is 30.0 Å². The van der Waals surface area contributed by atoms with Crippen LogP contribution in [0.4, 0.5) is 4.39 Å². The molecule has 2 atom stereocenters. The number of alkyl halides is 1. The Kier molecular flexibility index (Phi) is 3.60. The third-order valence-electron chi connectivity index (χ3n) is 3.11. The van der Waals surface area contributed by atoms with Crippen molar-refractivity contribution in [3.05, 3.63) is 35.1 Å². The minimum atomic E-state index is -3.00. The molecule has 0 saturated carbocycles. The highest BCUT2D eigenvalue weighted by Crippen LogP contribution is 2.36. The van der Waals surface area contributed by atoms with E-state index in [-0.39, 0.29) is 23.0 Å². The Labute approximate surface area is 110 Å². The lowest BCUT2D eigenvalue weighted by Crippen LogP contribution is -2.10. The number of halogens is 2. The third kappa shape index (κ3) is 2.65. The van der Waals surface area contributed by atoms with Gasteiger partial charge in [-0.1, -0.05) is 6.07 Å². The molecular formula is C12H11ClFNO2S. The highest BCUT2D eigenvalue weighted by atomic mass is 35.5. The summed E-state index contributed by atoms with van der Waals surface area (Å²) in [5.41, 5.74) is 0.524. The first kappa shape index (κ1) is 13.3. The fraction of sp³-hybridized carbons (Fsp3) is 0.417. The number of nitriles is 1. The van der Waals surface area contributed by atoms with Crippen molar-refractivity contribution in [2.75, 3.05) is 11.5 Å². The van der Waals surface area contributed by atoms with Gasteiger partial charge in [-0.3, -0.25) is 0 Å². The quantitative estimate of drug-likeness (QED) is 0.785. The number of benzene rings is 1. The van der Waals surface area contributed by atoms with Gasteiger partial charge >= 0.3 is 0 Å². The van der Waals surface area contributed by atoms with E-state index in [0.29, 0.717) is 12.0 Å². The van der Waals surface area contributed by atoms with Gasteiger partial charge in [0.1, 0.15) is 11.9 Å². The van der Waals surface area contributed by atoms with Crippen LogP contribution in [0.5, 0.6) is 0 Å². The van der Waals surface area contributed by atoms with Crippen LogP contribution in [0.25, 0.3) is 0 Å². The van der Waals surface area contributed by atoms with E-state index in [0.717, 1.165) is 0 Å². The van der Waals surface area contributed by atoms with Crippen molar-refractivity contribution in [1.29, 1.82) is 5.26 Å². The summed E-state index contributed by atoms with van der Waals surface area (Å²) in [4.78, 5) is 0. The zero-order valence-corrected chi connectivity index (χ0v) is 11.0. The first-order valence-electron chi connectivity index (χ1n) is 5.47. The van der Waals surface area contributed by atoms with E-state index in [9.17, 15) is 12.8 Å². The van der Waals surface area contributed by atoms with E-state index in [1.54, 1.807) is 6.07 Å². The van der Waals surface area contributed by atoms with Gasteiger partial charge in [0.05, 0.1) is 22.4 Å². The first-order valence-corrected chi connectivity index (χ1v) is 7.73. The molecule has 1 saturated heterocycles. The molecule has 3 nitrogen and oxygen atoms in total. The summed E-state index contributed by atoms with van der Waals surface area (Å²) in [6, 6.07) is 5.82. The van der Waals surface area contributed by atoms with Crippen molar-refractivity contribution < 1.29 is 12.8 Å². The molecule has 0 bridgehead atoms. The lowest BCUT2D eigenvalue weighted by atomic mass is 9.97. The molecule has 0 aliphatic carbocycles. The molecule has 1 heterocycles. The zero-order chi connectivity index (χ0) is 13.3. The lowest BCUT2D eigenvalue weighted by molar-refractivity contribution is 0.566. The minimum Gasteiger partial charge on any atom is -0.229 e. The van der Waals surface area contributed by atoms with E-state index in [2.05, 4.69) is 0 Å². The highest BCUT2D eigenvalue weighted by molar-refractivity contribution is 7.91.